The Balaban J connectivity index is 1.60. The summed E-state index contributed by atoms with van der Waals surface area (Å²) in [5.74, 6) is -0.124. The first kappa shape index (κ1) is 17.1. The van der Waals surface area contributed by atoms with Crippen LogP contribution in [0.2, 0.25) is 0 Å². The van der Waals surface area contributed by atoms with Crippen molar-refractivity contribution in [3.63, 3.8) is 0 Å². The van der Waals surface area contributed by atoms with Gasteiger partial charge in [0.25, 0.3) is 5.56 Å². The molecule has 1 aromatic heterocycles. The molecule has 1 aliphatic carbocycles. The quantitative estimate of drug-likeness (QED) is 0.821. The fourth-order valence-corrected chi connectivity index (χ4v) is 3.86. The number of likely N-dealkylation sites (tertiary alicyclic amines) is 1. The van der Waals surface area contributed by atoms with Crippen LogP contribution in [0.5, 0.6) is 0 Å². The highest BCUT2D eigenvalue weighted by atomic mass is 16.2. The second-order valence-corrected chi connectivity index (χ2v) is 6.90. The van der Waals surface area contributed by atoms with E-state index in [1.54, 1.807) is 6.07 Å². The molecule has 0 aromatic carbocycles. The monoisotopic (exact) mass is 332 g/mol. The van der Waals surface area contributed by atoms with Crippen molar-refractivity contribution in [2.24, 2.45) is 0 Å². The Kier molecular flexibility index (Phi) is 5.66. The second-order valence-electron chi connectivity index (χ2n) is 6.90. The van der Waals surface area contributed by atoms with Crippen molar-refractivity contribution in [1.82, 2.24) is 20.0 Å². The third-order valence-electron chi connectivity index (χ3n) is 5.26. The van der Waals surface area contributed by atoms with Crippen LogP contribution >= 0.6 is 0 Å². The number of aryl methyl sites for hydroxylation is 2. The summed E-state index contributed by atoms with van der Waals surface area (Å²) in [5, 5.41) is 7.43. The van der Waals surface area contributed by atoms with Crippen LogP contribution in [0.1, 0.15) is 50.3 Å². The van der Waals surface area contributed by atoms with Gasteiger partial charge in [-0.2, -0.15) is 5.10 Å². The minimum Gasteiger partial charge on any atom is -0.353 e. The van der Waals surface area contributed by atoms with Crippen molar-refractivity contribution in [1.29, 1.82) is 0 Å². The van der Waals surface area contributed by atoms with E-state index >= 15 is 0 Å². The number of nitrogens with one attached hydrogen (secondary N) is 1. The van der Waals surface area contributed by atoms with Gasteiger partial charge in [-0.05, 0) is 57.2 Å². The van der Waals surface area contributed by atoms with Crippen LogP contribution in [0.3, 0.4) is 0 Å². The minimum atomic E-state index is -0.165. The van der Waals surface area contributed by atoms with Crippen molar-refractivity contribution >= 4 is 5.91 Å². The summed E-state index contributed by atoms with van der Waals surface area (Å²) in [6.45, 7) is 4.96. The first-order chi connectivity index (χ1) is 11.7. The Morgan fingerprint density at radius 2 is 2.12 bits per heavy atom. The zero-order chi connectivity index (χ0) is 16.9. The lowest BCUT2D eigenvalue weighted by Crippen LogP contribution is -2.42. The first-order valence-electron chi connectivity index (χ1n) is 9.28. The minimum absolute atomic E-state index is 0.0188. The van der Waals surface area contributed by atoms with Gasteiger partial charge in [0.1, 0.15) is 6.54 Å². The van der Waals surface area contributed by atoms with Crippen molar-refractivity contribution in [2.45, 2.75) is 64.5 Å². The van der Waals surface area contributed by atoms with Gasteiger partial charge >= 0.3 is 0 Å². The van der Waals surface area contributed by atoms with Crippen LogP contribution in [0.15, 0.2) is 10.9 Å². The summed E-state index contributed by atoms with van der Waals surface area (Å²) in [6.07, 6.45) is 7.57. The van der Waals surface area contributed by atoms with Gasteiger partial charge in [0.2, 0.25) is 5.91 Å². The maximum absolute atomic E-state index is 12.2. The zero-order valence-electron chi connectivity index (χ0n) is 14.6. The lowest BCUT2D eigenvalue weighted by atomic mass is 10.1. The SMILES string of the molecule is CCN1CCC[C@H]1CNC(=O)Cn1nc2c(cc1=O)CCCCC2. The molecule has 1 aromatic rings. The molecule has 0 bridgehead atoms. The molecule has 1 amide bonds. The Labute approximate surface area is 143 Å². The largest absolute Gasteiger partial charge is 0.353 e. The van der Waals surface area contributed by atoms with Crippen molar-refractivity contribution < 1.29 is 4.79 Å². The molecule has 1 aliphatic heterocycles. The van der Waals surface area contributed by atoms with E-state index in [0.29, 0.717) is 12.6 Å². The van der Waals surface area contributed by atoms with Crippen molar-refractivity contribution in [2.75, 3.05) is 19.6 Å². The van der Waals surface area contributed by atoms with Gasteiger partial charge in [-0.25, -0.2) is 4.68 Å². The predicted octanol–water partition coefficient (Wildman–Crippen LogP) is 1.11. The number of rotatable bonds is 5. The first-order valence-corrected chi connectivity index (χ1v) is 9.28. The average molecular weight is 332 g/mol. The molecular weight excluding hydrogens is 304 g/mol. The number of carbonyl (C=O) groups excluding carboxylic acids is 1. The van der Waals surface area contributed by atoms with Crippen molar-refractivity contribution in [3.8, 4) is 0 Å². The van der Waals surface area contributed by atoms with E-state index in [0.717, 1.165) is 56.5 Å². The van der Waals surface area contributed by atoms with Gasteiger partial charge in [0.05, 0.1) is 5.69 Å². The zero-order valence-corrected chi connectivity index (χ0v) is 14.6. The molecule has 1 fully saturated rings. The molecule has 0 radical (unpaired) electrons. The molecule has 1 saturated heterocycles. The van der Waals surface area contributed by atoms with Crippen LogP contribution in [0, 0.1) is 0 Å². The number of carbonyl (C=O) groups is 1. The predicted molar refractivity (Wildman–Crippen MR) is 93.0 cm³/mol. The molecular formula is C18H28N4O2. The lowest BCUT2D eigenvalue weighted by Gasteiger charge is -2.22. The molecule has 0 unspecified atom stereocenters. The van der Waals surface area contributed by atoms with Gasteiger partial charge in [0, 0.05) is 18.7 Å². The molecule has 3 rings (SSSR count). The van der Waals surface area contributed by atoms with Gasteiger partial charge in [-0.1, -0.05) is 13.3 Å². The normalized spacial score (nSPS) is 21.3. The molecule has 1 atom stereocenters. The summed E-state index contributed by atoms with van der Waals surface area (Å²) in [4.78, 5) is 26.8. The van der Waals surface area contributed by atoms with Crippen LogP contribution in [0.25, 0.3) is 0 Å². The molecule has 6 heteroatoms. The third-order valence-corrected chi connectivity index (χ3v) is 5.26. The molecule has 132 valence electrons. The van der Waals surface area contributed by atoms with E-state index in [1.165, 1.54) is 17.5 Å². The van der Waals surface area contributed by atoms with E-state index in [2.05, 4.69) is 22.2 Å². The standard InChI is InChI=1S/C18H28N4O2/c1-2-21-10-6-8-15(21)12-19-17(23)13-22-18(24)11-14-7-4-3-5-9-16(14)20-22/h11,15H,2-10,12-13H2,1H3,(H,19,23)/t15-/m0/s1. The highest BCUT2D eigenvalue weighted by molar-refractivity contribution is 5.75. The molecule has 1 N–H and O–H groups in total. The second kappa shape index (κ2) is 7.92. The molecule has 0 spiro atoms. The number of likely N-dealkylation sites (N-methyl/N-ethyl adjacent to an activating group) is 1. The summed E-state index contributed by atoms with van der Waals surface area (Å²) in [7, 11) is 0. The summed E-state index contributed by atoms with van der Waals surface area (Å²) in [5.41, 5.74) is 1.90. The number of hydrogen-bond donors (Lipinski definition) is 1. The van der Waals surface area contributed by atoms with E-state index in [-0.39, 0.29) is 18.0 Å². The summed E-state index contributed by atoms with van der Waals surface area (Å²) >= 11 is 0. The van der Waals surface area contributed by atoms with Crippen LogP contribution in [-0.2, 0) is 24.2 Å². The molecule has 2 heterocycles. The number of hydrogen-bond acceptors (Lipinski definition) is 4. The topological polar surface area (TPSA) is 67.2 Å². The highest BCUT2D eigenvalue weighted by Gasteiger charge is 2.23. The Hall–Kier alpha value is -1.69. The van der Waals surface area contributed by atoms with E-state index in [9.17, 15) is 9.59 Å². The summed E-state index contributed by atoms with van der Waals surface area (Å²) in [6, 6.07) is 2.10. The van der Waals surface area contributed by atoms with E-state index in [4.69, 9.17) is 0 Å². The maximum Gasteiger partial charge on any atom is 0.267 e. The molecule has 0 saturated carbocycles. The maximum atomic E-state index is 12.2. The lowest BCUT2D eigenvalue weighted by molar-refractivity contribution is -0.122. The third kappa shape index (κ3) is 4.04. The van der Waals surface area contributed by atoms with Crippen LogP contribution < -0.4 is 10.9 Å². The smallest absolute Gasteiger partial charge is 0.267 e. The van der Waals surface area contributed by atoms with Gasteiger partial charge in [-0.3, -0.25) is 14.5 Å². The number of fused-ring (bicyclic) bond motifs is 1. The Morgan fingerprint density at radius 1 is 1.29 bits per heavy atom. The van der Waals surface area contributed by atoms with Gasteiger partial charge in [-0.15, -0.1) is 0 Å². The molecule has 6 nitrogen and oxygen atoms in total. The summed E-state index contributed by atoms with van der Waals surface area (Å²) < 4.78 is 1.33. The van der Waals surface area contributed by atoms with Crippen molar-refractivity contribution in [3.05, 3.63) is 27.7 Å². The van der Waals surface area contributed by atoms with Crippen LogP contribution in [-0.4, -0.2) is 46.3 Å². The number of nitrogens with zero attached hydrogens (tertiary/aromatic N) is 3. The Morgan fingerprint density at radius 3 is 2.96 bits per heavy atom. The van der Waals surface area contributed by atoms with E-state index in [1.807, 2.05) is 0 Å². The van der Waals surface area contributed by atoms with Crippen LogP contribution in [0.4, 0.5) is 0 Å². The number of aromatic nitrogens is 2. The molecule has 2 aliphatic rings. The highest BCUT2D eigenvalue weighted by Crippen LogP contribution is 2.17. The van der Waals surface area contributed by atoms with Gasteiger partial charge in [0.15, 0.2) is 0 Å². The van der Waals surface area contributed by atoms with E-state index < -0.39 is 0 Å². The molecule has 24 heavy (non-hydrogen) atoms. The average Bonchev–Trinajstić information content (AvgIpc) is 2.92. The fraction of sp³-hybridized carbons (Fsp3) is 0.722. The number of amides is 1. The van der Waals surface area contributed by atoms with Gasteiger partial charge < -0.3 is 5.32 Å². The Bertz CT molecular complexity index is 640. The fourth-order valence-electron chi connectivity index (χ4n) is 3.86.